The molecule has 0 radical (unpaired) electrons. The third-order valence-corrected chi connectivity index (χ3v) is 5.12. The Morgan fingerprint density at radius 2 is 1.64 bits per heavy atom. The van der Waals surface area contributed by atoms with Crippen LogP contribution >= 0.6 is 0 Å². The van der Waals surface area contributed by atoms with E-state index in [-0.39, 0.29) is 0 Å². The third kappa shape index (κ3) is 3.16. The molecule has 28 heavy (non-hydrogen) atoms. The summed E-state index contributed by atoms with van der Waals surface area (Å²) in [7, 11) is 0. The fourth-order valence-corrected chi connectivity index (χ4v) is 3.73. The van der Waals surface area contributed by atoms with E-state index in [2.05, 4.69) is 50.5 Å². The van der Waals surface area contributed by atoms with Crippen molar-refractivity contribution in [1.29, 1.82) is 0 Å². The summed E-state index contributed by atoms with van der Waals surface area (Å²) in [6.07, 6.45) is 8.13. The zero-order chi connectivity index (χ0) is 18.8. The number of nitrogens with one attached hydrogen (secondary N) is 1. The smallest absolute Gasteiger partial charge is 0.158 e. The number of para-hydroxylation sites is 1. The van der Waals surface area contributed by atoms with Crippen molar-refractivity contribution >= 4 is 29.1 Å². The van der Waals surface area contributed by atoms with Crippen LogP contribution in [-0.4, -0.2) is 28.9 Å². The Morgan fingerprint density at radius 3 is 2.50 bits per heavy atom. The minimum absolute atomic E-state index is 0.783. The molecule has 5 rings (SSSR count). The highest BCUT2D eigenvalue weighted by Gasteiger charge is 2.24. The largest absolute Gasteiger partial charge is 0.355 e. The molecule has 0 aliphatic carbocycles. The van der Waals surface area contributed by atoms with Crippen molar-refractivity contribution in [2.45, 2.75) is 12.8 Å². The summed E-state index contributed by atoms with van der Waals surface area (Å²) >= 11 is 0. The predicted molar refractivity (Wildman–Crippen MR) is 115 cm³/mol. The van der Waals surface area contributed by atoms with Gasteiger partial charge in [0.15, 0.2) is 5.82 Å². The molecule has 138 valence electrons. The van der Waals surface area contributed by atoms with Gasteiger partial charge in [0.05, 0.1) is 0 Å². The maximum atomic E-state index is 4.97. The number of nitrogens with zero attached hydrogens (tertiary/aromatic N) is 4. The zero-order valence-corrected chi connectivity index (χ0v) is 15.5. The Labute approximate surface area is 164 Å². The van der Waals surface area contributed by atoms with Crippen LogP contribution in [0.15, 0.2) is 72.0 Å². The van der Waals surface area contributed by atoms with Gasteiger partial charge in [-0.2, -0.15) is 0 Å². The molecule has 1 aromatic heterocycles. The zero-order valence-electron chi connectivity index (χ0n) is 15.5. The lowest BCUT2D eigenvalue weighted by molar-refractivity contribution is 0.928. The lowest BCUT2D eigenvalue weighted by Crippen LogP contribution is -2.19. The van der Waals surface area contributed by atoms with Gasteiger partial charge in [0.1, 0.15) is 23.5 Å². The van der Waals surface area contributed by atoms with Gasteiger partial charge in [-0.15, -0.1) is 0 Å². The average Bonchev–Trinajstić information content (AvgIpc) is 3.22. The van der Waals surface area contributed by atoms with Crippen LogP contribution in [0.3, 0.4) is 0 Å². The van der Waals surface area contributed by atoms with Gasteiger partial charge in [-0.05, 0) is 30.5 Å². The molecule has 2 aliphatic rings. The Bertz CT molecular complexity index is 1050. The van der Waals surface area contributed by atoms with Crippen LogP contribution in [0.1, 0.15) is 18.4 Å². The number of hydrogen-bond donors (Lipinski definition) is 1. The maximum absolute atomic E-state index is 4.97. The highest BCUT2D eigenvalue weighted by molar-refractivity contribution is 6.12. The van der Waals surface area contributed by atoms with E-state index in [1.54, 1.807) is 6.33 Å². The van der Waals surface area contributed by atoms with Gasteiger partial charge >= 0.3 is 0 Å². The van der Waals surface area contributed by atoms with Crippen molar-refractivity contribution in [1.82, 2.24) is 9.97 Å². The lowest BCUT2D eigenvalue weighted by Gasteiger charge is -2.19. The molecule has 5 heteroatoms. The van der Waals surface area contributed by atoms with E-state index in [1.165, 1.54) is 12.8 Å². The Kier molecular flexibility index (Phi) is 4.33. The van der Waals surface area contributed by atoms with Crippen molar-refractivity contribution in [3.05, 3.63) is 72.6 Å². The second kappa shape index (κ2) is 7.27. The topological polar surface area (TPSA) is 53.4 Å². The molecule has 1 fully saturated rings. The third-order valence-electron chi connectivity index (χ3n) is 5.12. The monoisotopic (exact) mass is 367 g/mol. The molecule has 1 N–H and O–H groups in total. The van der Waals surface area contributed by atoms with Crippen LogP contribution in [-0.2, 0) is 0 Å². The quantitative estimate of drug-likeness (QED) is 0.714. The minimum Gasteiger partial charge on any atom is -0.355 e. The van der Waals surface area contributed by atoms with Crippen LogP contribution < -0.4 is 10.2 Å². The molecular formula is C23H21N5. The van der Waals surface area contributed by atoms with Gasteiger partial charge in [0.2, 0.25) is 0 Å². The molecule has 3 heterocycles. The first-order valence-corrected chi connectivity index (χ1v) is 9.67. The molecule has 0 saturated carbocycles. The molecule has 2 aliphatic heterocycles. The van der Waals surface area contributed by atoms with Gasteiger partial charge in [-0.25, -0.2) is 15.0 Å². The van der Waals surface area contributed by atoms with Crippen LogP contribution in [0.25, 0.3) is 17.3 Å². The Hall–Kier alpha value is -3.47. The summed E-state index contributed by atoms with van der Waals surface area (Å²) in [4.78, 5) is 16.5. The molecule has 0 spiro atoms. The highest BCUT2D eigenvalue weighted by Crippen LogP contribution is 2.41. The van der Waals surface area contributed by atoms with Gasteiger partial charge in [0.25, 0.3) is 0 Å². The summed E-state index contributed by atoms with van der Waals surface area (Å²) in [6.45, 7) is 2.03. The van der Waals surface area contributed by atoms with Crippen molar-refractivity contribution in [3.63, 3.8) is 0 Å². The summed E-state index contributed by atoms with van der Waals surface area (Å²) in [6, 6.07) is 18.4. The molecule has 0 amide bonds. The molecule has 3 aromatic rings. The summed E-state index contributed by atoms with van der Waals surface area (Å²) < 4.78 is 0. The lowest BCUT2D eigenvalue weighted by atomic mass is 10.1. The van der Waals surface area contributed by atoms with E-state index in [0.29, 0.717) is 0 Å². The number of benzene rings is 2. The molecular weight excluding hydrogens is 346 g/mol. The molecule has 0 unspecified atom stereocenters. The first-order chi connectivity index (χ1) is 13.9. The fourth-order valence-electron chi connectivity index (χ4n) is 3.73. The number of fused-ring (bicyclic) bond motifs is 3. The van der Waals surface area contributed by atoms with Crippen molar-refractivity contribution in [2.75, 3.05) is 23.3 Å². The van der Waals surface area contributed by atoms with Crippen LogP contribution in [0.2, 0.25) is 0 Å². The van der Waals surface area contributed by atoms with Crippen molar-refractivity contribution in [2.24, 2.45) is 4.99 Å². The highest BCUT2D eigenvalue weighted by atomic mass is 15.2. The van der Waals surface area contributed by atoms with E-state index >= 15 is 0 Å². The molecule has 0 atom stereocenters. The van der Waals surface area contributed by atoms with E-state index in [1.807, 2.05) is 36.4 Å². The Balaban J connectivity index is 1.64. The van der Waals surface area contributed by atoms with Crippen LogP contribution in [0.4, 0.5) is 17.2 Å². The summed E-state index contributed by atoms with van der Waals surface area (Å²) in [5.74, 6) is 1.71. The van der Waals surface area contributed by atoms with Gasteiger partial charge in [0, 0.05) is 24.3 Å². The van der Waals surface area contributed by atoms with Crippen LogP contribution in [0, 0.1) is 0 Å². The first-order valence-electron chi connectivity index (χ1n) is 9.67. The molecule has 0 bridgehead atoms. The van der Waals surface area contributed by atoms with E-state index in [4.69, 9.17) is 4.99 Å². The summed E-state index contributed by atoms with van der Waals surface area (Å²) in [5, 5.41) is 3.47. The molecule has 2 aromatic carbocycles. The number of rotatable bonds is 3. The van der Waals surface area contributed by atoms with E-state index < -0.39 is 0 Å². The summed E-state index contributed by atoms with van der Waals surface area (Å²) in [5.41, 5.74) is 4.91. The van der Waals surface area contributed by atoms with Crippen molar-refractivity contribution < 1.29 is 0 Å². The normalized spacial score (nSPS) is 15.6. The van der Waals surface area contributed by atoms with E-state index in [9.17, 15) is 0 Å². The fraction of sp³-hybridized carbons (Fsp3) is 0.174. The standard InChI is InChI=1S/C23H21N5/c1-2-8-17(9-3-1)12-13-20-26-19-11-5-4-10-18(19)21-22(27-20)23(25-16-24-21)28-14-6-7-15-28/h1-5,8-13,16H,6-7,14-15H2,(H,26,27)/b13-12+. The first kappa shape index (κ1) is 16.7. The predicted octanol–water partition coefficient (Wildman–Crippen LogP) is 4.91. The van der Waals surface area contributed by atoms with E-state index in [0.717, 1.165) is 52.9 Å². The SMILES string of the molecule is C(=C\c1ccccc1)/C1=Nc2c(ncnc2N2CCCC2)-c2ccccc2N1. The second-order valence-electron chi connectivity index (χ2n) is 7.00. The minimum atomic E-state index is 0.783. The second-order valence-corrected chi connectivity index (χ2v) is 7.00. The Morgan fingerprint density at radius 1 is 0.857 bits per heavy atom. The molecule has 5 nitrogen and oxygen atoms in total. The van der Waals surface area contributed by atoms with Gasteiger partial charge in [-0.1, -0.05) is 54.6 Å². The molecule has 1 saturated heterocycles. The van der Waals surface area contributed by atoms with Crippen molar-refractivity contribution in [3.8, 4) is 11.3 Å². The van der Waals surface area contributed by atoms with Gasteiger partial charge in [-0.3, -0.25) is 0 Å². The number of hydrogen-bond acceptors (Lipinski definition) is 5. The van der Waals surface area contributed by atoms with Crippen LogP contribution in [0.5, 0.6) is 0 Å². The number of amidine groups is 1. The average molecular weight is 367 g/mol. The number of anilines is 2. The number of aliphatic imine (C=N–C) groups is 1. The van der Waals surface area contributed by atoms with Gasteiger partial charge < -0.3 is 10.2 Å². The maximum Gasteiger partial charge on any atom is 0.158 e. The number of aromatic nitrogens is 2.